The fraction of sp³-hybridized carbons (Fsp3) is 0.263. The minimum absolute atomic E-state index is 0.142. The fourth-order valence-electron chi connectivity index (χ4n) is 2.10. The molecule has 1 amide bonds. The first-order valence-corrected chi connectivity index (χ1v) is 8.95. The summed E-state index contributed by atoms with van der Waals surface area (Å²) in [7, 11) is 1.56. The number of thioether (sulfide) groups is 1. The highest BCUT2D eigenvalue weighted by atomic mass is 32.2. The molecule has 7 heteroatoms. The van der Waals surface area contributed by atoms with Gasteiger partial charge < -0.3 is 9.64 Å². The zero-order chi connectivity index (χ0) is 18.9. The molecule has 138 valence electrons. The van der Waals surface area contributed by atoms with Gasteiger partial charge in [-0.05, 0) is 42.0 Å². The zero-order valence-electron chi connectivity index (χ0n) is 14.3. The normalized spacial score (nSPS) is 10.4. The molecule has 0 aromatic heterocycles. The van der Waals surface area contributed by atoms with Crippen LogP contribution in [0.2, 0.25) is 0 Å². The summed E-state index contributed by atoms with van der Waals surface area (Å²) in [4.78, 5) is 25.9. The van der Waals surface area contributed by atoms with Crippen LogP contribution in [0.5, 0.6) is 0 Å². The van der Waals surface area contributed by atoms with Crippen LogP contribution in [0.15, 0.2) is 53.4 Å². The highest BCUT2D eigenvalue weighted by Crippen LogP contribution is 2.19. The van der Waals surface area contributed by atoms with E-state index in [1.54, 1.807) is 31.3 Å². The van der Waals surface area contributed by atoms with E-state index in [-0.39, 0.29) is 37.1 Å². The number of benzene rings is 2. The zero-order valence-corrected chi connectivity index (χ0v) is 15.1. The second kappa shape index (κ2) is 9.91. The molecule has 0 spiro atoms. The predicted molar refractivity (Wildman–Crippen MR) is 95.6 cm³/mol. The number of esters is 1. The highest BCUT2D eigenvalue weighted by molar-refractivity contribution is 7.99. The number of ether oxygens (including phenoxy) is 1. The van der Waals surface area contributed by atoms with Crippen LogP contribution in [-0.4, -0.2) is 36.2 Å². The van der Waals surface area contributed by atoms with Gasteiger partial charge >= 0.3 is 5.97 Å². The maximum Gasteiger partial charge on any atom is 0.307 e. The lowest BCUT2D eigenvalue weighted by Crippen LogP contribution is -2.30. The number of hydrogen-bond donors (Lipinski definition) is 0. The van der Waals surface area contributed by atoms with Crippen LogP contribution in [0, 0.1) is 11.6 Å². The number of nitrogens with zero attached hydrogens (tertiary/aromatic N) is 1. The predicted octanol–water partition coefficient (Wildman–Crippen LogP) is 3.65. The number of hydrogen-bond acceptors (Lipinski definition) is 4. The van der Waals surface area contributed by atoms with Gasteiger partial charge in [-0.1, -0.05) is 12.1 Å². The van der Waals surface area contributed by atoms with Crippen LogP contribution in [0.3, 0.4) is 0 Å². The van der Waals surface area contributed by atoms with Gasteiger partial charge in [0.05, 0.1) is 6.42 Å². The van der Waals surface area contributed by atoms with Gasteiger partial charge in [-0.15, -0.1) is 11.8 Å². The lowest BCUT2D eigenvalue weighted by atomic mass is 10.2. The molecular weight excluding hydrogens is 360 g/mol. The van der Waals surface area contributed by atoms with Crippen molar-refractivity contribution in [3.05, 3.63) is 65.7 Å². The van der Waals surface area contributed by atoms with Gasteiger partial charge in [0.1, 0.15) is 11.6 Å². The molecule has 0 bridgehead atoms. The third-order valence-electron chi connectivity index (χ3n) is 3.48. The van der Waals surface area contributed by atoms with Crippen LogP contribution < -0.4 is 0 Å². The maximum absolute atomic E-state index is 13.1. The molecule has 0 heterocycles. The molecule has 2 rings (SSSR count). The molecular formula is C19H19F2NO3S. The van der Waals surface area contributed by atoms with E-state index < -0.39 is 5.97 Å². The molecule has 0 saturated heterocycles. The summed E-state index contributed by atoms with van der Waals surface area (Å²) in [5, 5.41) is 0. The SMILES string of the molecule is CN(Cc1cccc(F)c1)C(=O)COC(=O)CCSc1ccc(F)cc1. The standard InChI is InChI=1S/C19H19F2NO3S/c1-22(12-14-3-2-4-16(21)11-14)18(23)13-25-19(24)9-10-26-17-7-5-15(20)6-8-17/h2-8,11H,9-10,12-13H2,1H3. The largest absolute Gasteiger partial charge is 0.456 e. The lowest BCUT2D eigenvalue weighted by molar-refractivity contribution is -0.151. The summed E-state index contributed by atoms with van der Waals surface area (Å²) in [6.07, 6.45) is 0.142. The van der Waals surface area contributed by atoms with Crippen molar-refractivity contribution in [2.24, 2.45) is 0 Å². The maximum atomic E-state index is 13.1. The molecule has 0 N–H and O–H groups in total. The van der Waals surface area contributed by atoms with E-state index in [0.717, 1.165) is 4.90 Å². The van der Waals surface area contributed by atoms with Gasteiger partial charge in [-0.2, -0.15) is 0 Å². The Morgan fingerprint density at radius 2 is 1.81 bits per heavy atom. The van der Waals surface area contributed by atoms with Crippen molar-refractivity contribution in [2.75, 3.05) is 19.4 Å². The van der Waals surface area contributed by atoms with Gasteiger partial charge in [0, 0.05) is 24.2 Å². The third kappa shape index (κ3) is 6.84. The molecule has 0 atom stereocenters. The first-order valence-electron chi connectivity index (χ1n) is 7.96. The van der Waals surface area contributed by atoms with Crippen LogP contribution in [-0.2, 0) is 20.9 Å². The van der Waals surface area contributed by atoms with Crippen LogP contribution in [0.1, 0.15) is 12.0 Å². The van der Waals surface area contributed by atoms with Crippen molar-refractivity contribution < 1.29 is 23.1 Å². The van der Waals surface area contributed by atoms with Crippen molar-refractivity contribution >= 4 is 23.6 Å². The first kappa shape index (κ1) is 19.9. The van der Waals surface area contributed by atoms with E-state index >= 15 is 0 Å². The van der Waals surface area contributed by atoms with Crippen molar-refractivity contribution in [1.29, 1.82) is 0 Å². The molecule has 0 aliphatic carbocycles. The Hall–Kier alpha value is -2.41. The summed E-state index contributed by atoms with van der Waals surface area (Å²) in [5.74, 6) is -1.05. The number of amides is 1. The number of likely N-dealkylation sites (N-methyl/N-ethyl adjacent to an activating group) is 1. The fourth-order valence-corrected chi connectivity index (χ4v) is 2.94. The van der Waals surface area contributed by atoms with Crippen molar-refractivity contribution in [3.8, 4) is 0 Å². The van der Waals surface area contributed by atoms with E-state index in [1.165, 1.54) is 40.9 Å². The molecule has 0 aliphatic rings. The van der Waals surface area contributed by atoms with Crippen molar-refractivity contribution in [2.45, 2.75) is 17.9 Å². The monoisotopic (exact) mass is 379 g/mol. The molecule has 0 aliphatic heterocycles. The summed E-state index contributed by atoms with van der Waals surface area (Å²) >= 11 is 1.40. The van der Waals surface area contributed by atoms with Crippen molar-refractivity contribution in [1.82, 2.24) is 4.90 Å². The molecule has 0 unspecified atom stereocenters. The molecule has 0 saturated carbocycles. The van der Waals surface area contributed by atoms with E-state index in [0.29, 0.717) is 11.3 Å². The second-order valence-electron chi connectivity index (χ2n) is 5.59. The van der Waals surface area contributed by atoms with Gasteiger partial charge in [0.15, 0.2) is 6.61 Å². The van der Waals surface area contributed by atoms with Crippen LogP contribution in [0.25, 0.3) is 0 Å². The number of halogens is 2. The minimum atomic E-state index is -0.480. The Morgan fingerprint density at radius 1 is 1.08 bits per heavy atom. The molecule has 2 aromatic carbocycles. The molecule has 2 aromatic rings. The smallest absolute Gasteiger partial charge is 0.307 e. The molecule has 0 fully saturated rings. The van der Waals surface area contributed by atoms with E-state index in [2.05, 4.69) is 0 Å². The Bertz CT molecular complexity index is 753. The van der Waals surface area contributed by atoms with Gasteiger partial charge in [0.25, 0.3) is 5.91 Å². The topological polar surface area (TPSA) is 46.6 Å². The lowest BCUT2D eigenvalue weighted by Gasteiger charge is -2.17. The molecule has 0 radical (unpaired) electrons. The summed E-state index contributed by atoms with van der Waals surface area (Å²) in [5.41, 5.74) is 0.655. The van der Waals surface area contributed by atoms with Gasteiger partial charge in [-0.25, -0.2) is 8.78 Å². The van der Waals surface area contributed by atoms with Gasteiger partial charge in [-0.3, -0.25) is 9.59 Å². The van der Waals surface area contributed by atoms with E-state index in [9.17, 15) is 18.4 Å². The number of rotatable bonds is 8. The second-order valence-corrected chi connectivity index (χ2v) is 6.76. The summed E-state index contributed by atoms with van der Waals surface area (Å²) in [6.45, 7) is -0.125. The first-order chi connectivity index (χ1) is 12.4. The highest BCUT2D eigenvalue weighted by Gasteiger charge is 2.13. The van der Waals surface area contributed by atoms with Crippen LogP contribution in [0.4, 0.5) is 8.78 Å². The van der Waals surface area contributed by atoms with Gasteiger partial charge in [0.2, 0.25) is 0 Å². The van der Waals surface area contributed by atoms with Crippen molar-refractivity contribution in [3.63, 3.8) is 0 Å². The summed E-state index contributed by atoms with van der Waals surface area (Å²) < 4.78 is 30.9. The minimum Gasteiger partial charge on any atom is -0.456 e. The van der Waals surface area contributed by atoms with E-state index in [1.807, 2.05) is 0 Å². The number of carbonyl (C=O) groups is 2. The Labute approximate surface area is 155 Å². The van der Waals surface area contributed by atoms with E-state index in [4.69, 9.17) is 4.74 Å². The molecule has 26 heavy (non-hydrogen) atoms. The van der Waals surface area contributed by atoms with Crippen LogP contribution >= 0.6 is 11.8 Å². The summed E-state index contributed by atoms with van der Waals surface area (Å²) in [6, 6.07) is 11.9. The quantitative estimate of drug-likeness (QED) is 0.519. The Kier molecular flexibility index (Phi) is 7.59. The third-order valence-corrected chi connectivity index (χ3v) is 4.49. The Balaban J connectivity index is 1.67. The molecule has 4 nitrogen and oxygen atoms in total. The average Bonchev–Trinajstić information content (AvgIpc) is 2.61. The Morgan fingerprint density at radius 3 is 2.50 bits per heavy atom. The number of carbonyl (C=O) groups excluding carboxylic acids is 2. The average molecular weight is 379 g/mol.